The van der Waals surface area contributed by atoms with Gasteiger partial charge in [-0.05, 0) is 44.4 Å². The summed E-state index contributed by atoms with van der Waals surface area (Å²) in [4.78, 5) is 41.6. The minimum absolute atomic E-state index is 0. The number of nitrogens with zero attached hydrogens (tertiary/aromatic N) is 5. The van der Waals surface area contributed by atoms with E-state index >= 15 is 0 Å². The van der Waals surface area contributed by atoms with E-state index < -0.39 is 0 Å². The van der Waals surface area contributed by atoms with Crippen molar-refractivity contribution in [2.24, 2.45) is 0 Å². The summed E-state index contributed by atoms with van der Waals surface area (Å²) < 4.78 is 1.72. The van der Waals surface area contributed by atoms with Gasteiger partial charge in [-0.3, -0.25) is 14.2 Å². The number of hydrogen-bond donors (Lipinski definition) is 2. The van der Waals surface area contributed by atoms with Crippen LogP contribution in [0.4, 0.5) is 17.5 Å². The van der Waals surface area contributed by atoms with Crippen molar-refractivity contribution >= 4 is 34.3 Å². The Morgan fingerprint density at radius 1 is 1.12 bits per heavy atom. The number of pyridine rings is 2. The van der Waals surface area contributed by atoms with Gasteiger partial charge in [-0.1, -0.05) is 12.8 Å². The monoisotopic (exact) mass is 482 g/mol. The van der Waals surface area contributed by atoms with Gasteiger partial charge in [0.25, 0.3) is 5.56 Å². The summed E-state index contributed by atoms with van der Waals surface area (Å²) >= 11 is 0. The lowest BCUT2D eigenvalue weighted by molar-refractivity contribution is -0.0000152. The van der Waals surface area contributed by atoms with Crippen LogP contribution in [-0.2, 0) is 0 Å². The third-order valence-corrected chi connectivity index (χ3v) is 6.72. The third kappa shape index (κ3) is 4.50. The van der Waals surface area contributed by atoms with Crippen molar-refractivity contribution in [3.63, 3.8) is 0 Å². The quantitative estimate of drug-likeness (QED) is 0.488. The van der Waals surface area contributed by atoms with Crippen LogP contribution in [0, 0.1) is 6.92 Å². The highest BCUT2D eigenvalue weighted by Crippen LogP contribution is 2.32. The second kappa shape index (κ2) is 10.1. The van der Waals surface area contributed by atoms with Crippen molar-refractivity contribution in [3.05, 3.63) is 46.0 Å². The van der Waals surface area contributed by atoms with Gasteiger partial charge in [0.1, 0.15) is 11.5 Å². The van der Waals surface area contributed by atoms with Gasteiger partial charge >= 0.3 is 0 Å². The van der Waals surface area contributed by atoms with Crippen molar-refractivity contribution in [2.75, 3.05) is 36.4 Å². The number of rotatable bonds is 5. The van der Waals surface area contributed by atoms with Crippen LogP contribution >= 0.6 is 0 Å². The number of carbonyl (C=O) groups excluding carboxylic acids is 1. The first-order chi connectivity index (χ1) is 16.0. The van der Waals surface area contributed by atoms with Gasteiger partial charge in [-0.15, -0.1) is 0 Å². The molecule has 3 aromatic rings. The topological polar surface area (TPSA) is 105 Å². The van der Waals surface area contributed by atoms with E-state index in [1.807, 2.05) is 18.3 Å². The maximum absolute atomic E-state index is 13.3. The zero-order valence-corrected chi connectivity index (χ0v) is 20.2. The average Bonchev–Trinajstić information content (AvgIpc) is 3.34. The van der Waals surface area contributed by atoms with E-state index in [0.717, 1.165) is 62.9 Å². The largest absolute Gasteiger partial charge is 1.00 e. The highest BCUT2D eigenvalue weighted by molar-refractivity contribution is 5.99. The van der Waals surface area contributed by atoms with Crippen LogP contribution in [-0.4, -0.2) is 51.5 Å². The van der Waals surface area contributed by atoms with Crippen LogP contribution in [0.2, 0.25) is 0 Å². The van der Waals surface area contributed by atoms with Crippen molar-refractivity contribution in [2.45, 2.75) is 45.6 Å². The van der Waals surface area contributed by atoms with Crippen molar-refractivity contribution < 1.29 is 17.2 Å². The van der Waals surface area contributed by atoms with Crippen LogP contribution in [0.5, 0.6) is 0 Å². The molecule has 0 bridgehead atoms. The molecule has 5 rings (SSSR count). The predicted molar refractivity (Wildman–Crippen MR) is 129 cm³/mol. The molecule has 0 atom stereocenters. The SMILES string of the molecule is CC(=O)c1c(C)c2cnc(Nc3ccc(N4CCNCC4)cn3)nc2n(C2CCCC2)c1=O.[Cl-]. The summed E-state index contributed by atoms with van der Waals surface area (Å²) in [5, 5.41) is 7.26. The molecule has 1 saturated heterocycles. The van der Waals surface area contributed by atoms with E-state index in [9.17, 15) is 9.59 Å². The first kappa shape index (κ1) is 24.1. The molecule has 2 aliphatic rings. The first-order valence-electron chi connectivity index (χ1n) is 11.6. The standard InChI is InChI=1S/C24H29N7O2.ClH/c1-15-19-14-27-24(28-20-8-7-18(13-26-20)30-11-9-25-10-12-30)29-22(19)31(17-5-3-4-6-17)23(33)21(15)16(2)32;/h7-8,13-14,17,25H,3-6,9-12H2,1-2H3,(H,26,27,28,29);1H/p-1. The van der Waals surface area contributed by atoms with E-state index in [0.29, 0.717) is 23.0 Å². The number of nitrogens with one attached hydrogen (secondary N) is 2. The molecule has 34 heavy (non-hydrogen) atoms. The fourth-order valence-electron chi connectivity index (χ4n) is 4.99. The van der Waals surface area contributed by atoms with Crippen LogP contribution in [0.15, 0.2) is 29.3 Å². The summed E-state index contributed by atoms with van der Waals surface area (Å²) in [6.07, 6.45) is 7.52. The summed E-state index contributed by atoms with van der Waals surface area (Å²) in [7, 11) is 0. The first-order valence-corrected chi connectivity index (χ1v) is 11.6. The predicted octanol–water partition coefficient (Wildman–Crippen LogP) is -0.0302. The van der Waals surface area contributed by atoms with E-state index in [1.54, 1.807) is 17.7 Å². The third-order valence-electron chi connectivity index (χ3n) is 6.72. The van der Waals surface area contributed by atoms with Crippen LogP contribution in [0.3, 0.4) is 0 Å². The van der Waals surface area contributed by atoms with E-state index in [2.05, 4.69) is 25.5 Å². The fourth-order valence-corrected chi connectivity index (χ4v) is 4.99. The molecule has 2 fully saturated rings. The Bertz CT molecular complexity index is 1250. The molecule has 10 heteroatoms. The molecule has 0 aromatic carbocycles. The molecule has 0 radical (unpaired) electrons. The van der Waals surface area contributed by atoms with Gasteiger partial charge in [-0.2, -0.15) is 4.98 Å². The number of ketones is 1. The Morgan fingerprint density at radius 2 is 1.85 bits per heavy atom. The molecule has 0 unspecified atom stereocenters. The Morgan fingerprint density at radius 3 is 2.50 bits per heavy atom. The van der Waals surface area contributed by atoms with Gasteiger partial charge < -0.3 is 27.9 Å². The van der Waals surface area contributed by atoms with E-state index in [-0.39, 0.29) is 35.4 Å². The second-order valence-electron chi connectivity index (χ2n) is 8.86. The highest BCUT2D eigenvalue weighted by Gasteiger charge is 2.25. The normalized spacial score (nSPS) is 16.5. The van der Waals surface area contributed by atoms with Gasteiger partial charge in [0.15, 0.2) is 5.78 Å². The zero-order chi connectivity index (χ0) is 22.9. The average molecular weight is 483 g/mol. The van der Waals surface area contributed by atoms with Crippen LogP contribution in [0.1, 0.15) is 54.6 Å². The molecular weight excluding hydrogens is 454 g/mol. The molecule has 180 valence electrons. The van der Waals surface area contributed by atoms with Gasteiger partial charge in [0.2, 0.25) is 5.95 Å². The number of hydrogen-bond acceptors (Lipinski definition) is 8. The Kier molecular flexibility index (Phi) is 7.13. The summed E-state index contributed by atoms with van der Waals surface area (Å²) in [6.45, 7) is 7.11. The number of piperazine rings is 1. The lowest BCUT2D eigenvalue weighted by Gasteiger charge is -2.29. The number of aryl methyl sites for hydroxylation is 1. The summed E-state index contributed by atoms with van der Waals surface area (Å²) in [5.41, 5.74) is 2.29. The molecule has 1 aliphatic heterocycles. The minimum atomic E-state index is -0.248. The lowest BCUT2D eigenvalue weighted by Crippen LogP contribution is -3.00. The maximum atomic E-state index is 13.3. The van der Waals surface area contributed by atoms with Crippen LogP contribution < -0.4 is 33.5 Å². The Balaban J connectivity index is 0.00000274. The molecule has 0 spiro atoms. The molecule has 0 amide bonds. The molecular formula is C24H29ClN7O2-. The number of aromatic nitrogens is 4. The number of carbonyl (C=O) groups is 1. The second-order valence-corrected chi connectivity index (χ2v) is 8.86. The molecule has 9 nitrogen and oxygen atoms in total. The molecule has 1 saturated carbocycles. The number of anilines is 3. The zero-order valence-electron chi connectivity index (χ0n) is 19.5. The summed E-state index contributed by atoms with van der Waals surface area (Å²) in [6, 6.07) is 4.01. The highest BCUT2D eigenvalue weighted by atomic mass is 35.5. The van der Waals surface area contributed by atoms with E-state index in [1.165, 1.54) is 6.92 Å². The molecule has 3 aromatic heterocycles. The number of halogens is 1. The Hall–Kier alpha value is -3.04. The molecule has 1 aliphatic carbocycles. The van der Waals surface area contributed by atoms with Crippen molar-refractivity contribution in [1.82, 2.24) is 24.8 Å². The minimum Gasteiger partial charge on any atom is -1.00 e. The van der Waals surface area contributed by atoms with Crippen molar-refractivity contribution in [1.29, 1.82) is 0 Å². The van der Waals surface area contributed by atoms with Gasteiger partial charge in [-0.25, -0.2) is 9.97 Å². The number of Topliss-reactive ketones (excluding diaryl/α,β-unsaturated/α-hetero) is 1. The van der Waals surface area contributed by atoms with Crippen LogP contribution in [0.25, 0.3) is 11.0 Å². The fraction of sp³-hybridized carbons (Fsp3) is 0.458. The van der Waals surface area contributed by atoms with Gasteiger partial charge in [0.05, 0.1) is 17.4 Å². The van der Waals surface area contributed by atoms with Crippen molar-refractivity contribution in [3.8, 4) is 0 Å². The molecule has 2 N–H and O–H groups in total. The Labute approximate surface area is 204 Å². The maximum Gasteiger partial charge on any atom is 0.263 e. The summed E-state index contributed by atoms with van der Waals surface area (Å²) in [5.74, 6) is 0.799. The number of fused-ring (bicyclic) bond motifs is 1. The van der Waals surface area contributed by atoms with E-state index in [4.69, 9.17) is 4.98 Å². The lowest BCUT2D eigenvalue weighted by atomic mass is 10.0. The van der Waals surface area contributed by atoms with Gasteiger partial charge in [0, 0.05) is 43.8 Å². The smallest absolute Gasteiger partial charge is 0.263 e. The molecule has 4 heterocycles.